The molecule has 0 saturated heterocycles. The van der Waals surface area contributed by atoms with E-state index in [2.05, 4.69) is 11.9 Å². The number of nitrogens with one attached hydrogen (secondary N) is 1. The normalized spacial score (nSPS) is 10.6. The largest absolute Gasteiger partial charge is 0.490 e. The van der Waals surface area contributed by atoms with E-state index in [1.54, 1.807) is 54.6 Å². The van der Waals surface area contributed by atoms with E-state index in [0.29, 0.717) is 23.1 Å². The summed E-state index contributed by atoms with van der Waals surface area (Å²) in [6, 6.07) is 15.7. The molecule has 1 amide bonds. The number of hydrogen-bond acceptors (Lipinski definition) is 3. The second-order valence-electron chi connectivity index (χ2n) is 4.80. The lowest BCUT2D eigenvalue weighted by Gasteiger charge is -2.05. The quantitative estimate of drug-likeness (QED) is 0.481. The zero-order valence-electron chi connectivity index (χ0n) is 12.8. The number of nitriles is 1. The molecule has 0 aliphatic heterocycles. The van der Waals surface area contributed by atoms with E-state index >= 15 is 0 Å². The van der Waals surface area contributed by atoms with Crippen molar-refractivity contribution in [2.75, 3.05) is 11.9 Å². The Kier molecular flexibility index (Phi) is 6.18. The molecule has 0 radical (unpaired) electrons. The summed E-state index contributed by atoms with van der Waals surface area (Å²) >= 11 is 5.87. The van der Waals surface area contributed by atoms with E-state index < -0.39 is 5.91 Å². The van der Waals surface area contributed by atoms with Crippen LogP contribution in [0.5, 0.6) is 5.75 Å². The molecular formula is C19H15ClN2O2. The van der Waals surface area contributed by atoms with Crippen LogP contribution in [0.2, 0.25) is 5.02 Å². The summed E-state index contributed by atoms with van der Waals surface area (Å²) in [4.78, 5) is 12.2. The van der Waals surface area contributed by atoms with E-state index in [4.69, 9.17) is 16.3 Å². The summed E-state index contributed by atoms with van der Waals surface area (Å²) in [5.41, 5.74) is 1.25. The minimum absolute atomic E-state index is 0.00487. The number of ether oxygens (including phenoxy) is 1. The minimum atomic E-state index is -0.494. The van der Waals surface area contributed by atoms with Crippen molar-refractivity contribution < 1.29 is 9.53 Å². The van der Waals surface area contributed by atoms with Gasteiger partial charge in [-0.1, -0.05) is 42.5 Å². The zero-order valence-corrected chi connectivity index (χ0v) is 13.6. The molecule has 1 N–H and O–H groups in total. The van der Waals surface area contributed by atoms with E-state index in [0.717, 1.165) is 5.56 Å². The first-order valence-corrected chi connectivity index (χ1v) is 7.52. The van der Waals surface area contributed by atoms with Crippen LogP contribution in [0.15, 0.2) is 66.8 Å². The van der Waals surface area contributed by atoms with Gasteiger partial charge in [0.05, 0.1) is 0 Å². The molecule has 0 aromatic heterocycles. The maximum Gasteiger partial charge on any atom is 0.266 e. The van der Waals surface area contributed by atoms with Gasteiger partial charge in [-0.3, -0.25) is 4.79 Å². The Morgan fingerprint density at radius 1 is 1.29 bits per heavy atom. The fourth-order valence-electron chi connectivity index (χ4n) is 1.90. The van der Waals surface area contributed by atoms with E-state index in [1.165, 1.54) is 6.08 Å². The van der Waals surface area contributed by atoms with Gasteiger partial charge in [0.15, 0.2) is 0 Å². The van der Waals surface area contributed by atoms with E-state index in [1.807, 2.05) is 6.07 Å². The van der Waals surface area contributed by atoms with Gasteiger partial charge in [-0.15, -0.1) is 0 Å². The van der Waals surface area contributed by atoms with Crippen LogP contribution < -0.4 is 10.1 Å². The zero-order chi connectivity index (χ0) is 17.4. The predicted octanol–water partition coefficient (Wildman–Crippen LogP) is 4.45. The number of carbonyl (C=O) groups excluding carboxylic acids is 1. The third-order valence-corrected chi connectivity index (χ3v) is 3.24. The van der Waals surface area contributed by atoms with Crippen LogP contribution in [-0.4, -0.2) is 12.5 Å². The lowest BCUT2D eigenvalue weighted by molar-refractivity contribution is -0.112. The molecule has 0 aliphatic rings. The van der Waals surface area contributed by atoms with E-state index in [9.17, 15) is 10.1 Å². The number of halogens is 1. The number of carbonyl (C=O) groups is 1. The highest BCUT2D eigenvalue weighted by atomic mass is 35.5. The minimum Gasteiger partial charge on any atom is -0.490 e. The molecule has 2 rings (SSSR count). The van der Waals surface area contributed by atoms with Gasteiger partial charge >= 0.3 is 0 Å². The first-order chi connectivity index (χ1) is 11.6. The highest BCUT2D eigenvalue weighted by Gasteiger charge is 2.09. The average Bonchev–Trinajstić information content (AvgIpc) is 2.58. The summed E-state index contributed by atoms with van der Waals surface area (Å²) in [6.45, 7) is 4.00. The molecule has 0 bridgehead atoms. The Bertz CT molecular complexity index is 805. The second-order valence-corrected chi connectivity index (χ2v) is 5.24. The fourth-order valence-corrected chi connectivity index (χ4v) is 2.09. The van der Waals surface area contributed by atoms with E-state index in [-0.39, 0.29) is 5.57 Å². The molecule has 0 fully saturated rings. The standard InChI is InChI=1S/C19H15ClN2O2/c1-2-10-24-18-8-6-14(7-9-18)11-15(13-21)19(23)22-17-5-3-4-16(20)12-17/h2-9,11-12H,1,10H2,(H,22,23)/b15-11+. The number of rotatable bonds is 6. The van der Waals surface area contributed by atoms with Gasteiger partial charge < -0.3 is 10.1 Å². The SMILES string of the molecule is C=CCOc1ccc(/C=C(\C#N)C(=O)Nc2cccc(Cl)c2)cc1. The molecule has 0 saturated carbocycles. The molecule has 0 unspecified atom stereocenters. The van der Waals surface area contributed by atoms with Crippen LogP contribution >= 0.6 is 11.6 Å². The maximum absolute atomic E-state index is 12.2. The Morgan fingerprint density at radius 2 is 2.04 bits per heavy atom. The van der Waals surface area contributed by atoms with Crippen LogP contribution in [-0.2, 0) is 4.79 Å². The molecule has 24 heavy (non-hydrogen) atoms. The first-order valence-electron chi connectivity index (χ1n) is 7.15. The molecule has 120 valence electrons. The van der Waals surface area contributed by atoms with Gasteiger partial charge in [0.1, 0.15) is 24.0 Å². The molecule has 2 aromatic rings. The highest BCUT2D eigenvalue weighted by Crippen LogP contribution is 2.17. The average molecular weight is 339 g/mol. The van der Waals surface area contributed by atoms with Crippen molar-refractivity contribution in [3.05, 3.63) is 77.3 Å². The lowest BCUT2D eigenvalue weighted by Crippen LogP contribution is -2.13. The van der Waals surface area contributed by atoms with Crippen molar-refractivity contribution in [3.8, 4) is 11.8 Å². The second kappa shape index (κ2) is 8.56. The Morgan fingerprint density at radius 3 is 2.67 bits per heavy atom. The molecule has 0 spiro atoms. The smallest absolute Gasteiger partial charge is 0.266 e. The molecule has 0 aliphatic carbocycles. The third-order valence-electron chi connectivity index (χ3n) is 3.01. The van der Waals surface area contributed by atoms with Crippen LogP contribution in [0.4, 0.5) is 5.69 Å². The molecule has 0 atom stereocenters. The number of hydrogen-bond donors (Lipinski definition) is 1. The predicted molar refractivity (Wildman–Crippen MR) is 95.8 cm³/mol. The van der Waals surface area contributed by atoms with Crippen LogP contribution in [0.25, 0.3) is 6.08 Å². The van der Waals surface area contributed by atoms with Crippen molar-refractivity contribution in [1.82, 2.24) is 0 Å². The van der Waals surface area contributed by atoms with Crippen molar-refractivity contribution in [1.29, 1.82) is 5.26 Å². The van der Waals surface area contributed by atoms with Crippen molar-refractivity contribution in [3.63, 3.8) is 0 Å². The summed E-state index contributed by atoms with van der Waals surface area (Å²) in [5, 5.41) is 12.4. The Balaban J connectivity index is 2.12. The topological polar surface area (TPSA) is 62.1 Å². The van der Waals surface area contributed by atoms with Gasteiger partial charge in [-0.25, -0.2) is 0 Å². The maximum atomic E-state index is 12.2. The third kappa shape index (κ3) is 5.01. The first kappa shape index (κ1) is 17.3. The van der Waals surface area contributed by atoms with Crippen LogP contribution in [0.3, 0.4) is 0 Å². The Labute approximate surface area is 145 Å². The number of anilines is 1. The van der Waals surface area contributed by atoms with Crippen LogP contribution in [0, 0.1) is 11.3 Å². The van der Waals surface area contributed by atoms with Gasteiger partial charge in [-0.05, 0) is 42.0 Å². The molecule has 4 nitrogen and oxygen atoms in total. The summed E-state index contributed by atoms with van der Waals surface area (Å²) in [5.74, 6) is 0.195. The van der Waals surface area contributed by atoms with Crippen LogP contribution in [0.1, 0.15) is 5.56 Å². The van der Waals surface area contributed by atoms with Gasteiger partial charge in [0, 0.05) is 10.7 Å². The highest BCUT2D eigenvalue weighted by molar-refractivity contribution is 6.31. The number of nitrogens with zero attached hydrogens (tertiary/aromatic N) is 1. The van der Waals surface area contributed by atoms with Crippen molar-refractivity contribution in [2.24, 2.45) is 0 Å². The summed E-state index contributed by atoms with van der Waals surface area (Å²) in [7, 11) is 0. The van der Waals surface area contributed by atoms with Gasteiger partial charge in [0.25, 0.3) is 5.91 Å². The molecule has 5 heteroatoms. The van der Waals surface area contributed by atoms with Crippen molar-refractivity contribution in [2.45, 2.75) is 0 Å². The Hall–Kier alpha value is -3.03. The monoisotopic (exact) mass is 338 g/mol. The summed E-state index contributed by atoms with van der Waals surface area (Å²) < 4.78 is 5.38. The molecular weight excluding hydrogens is 324 g/mol. The van der Waals surface area contributed by atoms with Gasteiger partial charge in [0.2, 0.25) is 0 Å². The lowest BCUT2D eigenvalue weighted by atomic mass is 10.1. The van der Waals surface area contributed by atoms with Gasteiger partial charge in [-0.2, -0.15) is 5.26 Å². The number of benzene rings is 2. The molecule has 2 aromatic carbocycles. The van der Waals surface area contributed by atoms with Crippen molar-refractivity contribution >= 4 is 29.3 Å². The summed E-state index contributed by atoms with van der Waals surface area (Å²) in [6.07, 6.45) is 3.17. The molecule has 0 heterocycles. The fraction of sp³-hybridized carbons (Fsp3) is 0.0526. The number of amides is 1.